The summed E-state index contributed by atoms with van der Waals surface area (Å²) in [5.74, 6) is 0.766. The van der Waals surface area contributed by atoms with Crippen LogP contribution in [0.4, 0.5) is 11.5 Å². The average Bonchev–Trinajstić information content (AvgIpc) is 3.09. The van der Waals surface area contributed by atoms with E-state index in [0.29, 0.717) is 12.1 Å². The minimum absolute atomic E-state index is 0.0993. The first-order chi connectivity index (χ1) is 11.7. The maximum Gasteiger partial charge on any atom is 0.255 e. The standard InChI is InChI=1S/C17H22N6O/c1-22(2)15-7-9-18-12-14(15)17(24)19-11-13-5-4-10-23(13)16-6-3-8-20-21-16/h3,6-9,12-13H,4-5,10-11H2,1-2H3,(H,19,24). The molecular weight excluding hydrogens is 304 g/mol. The molecule has 1 N–H and O–H groups in total. The molecule has 1 saturated heterocycles. The molecule has 2 aromatic heterocycles. The topological polar surface area (TPSA) is 74.2 Å². The number of hydrogen-bond acceptors (Lipinski definition) is 6. The second kappa shape index (κ2) is 7.25. The summed E-state index contributed by atoms with van der Waals surface area (Å²) in [6.45, 7) is 1.52. The van der Waals surface area contributed by atoms with Gasteiger partial charge in [0.15, 0.2) is 5.82 Å². The van der Waals surface area contributed by atoms with Crippen molar-refractivity contribution in [3.8, 4) is 0 Å². The summed E-state index contributed by atoms with van der Waals surface area (Å²) in [5.41, 5.74) is 1.45. The van der Waals surface area contributed by atoms with Crippen molar-refractivity contribution in [3.63, 3.8) is 0 Å². The number of nitrogens with one attached hydrogen (secondary N) is 1. The maximum atomic E-state index is 12.5. The first-order valence-electron chi connectivity index (χ1n) is 8.10. The van der Waals surface area contributed by atoms with E-state index in [0.717, 1.165) is 30.9 Å². The predicted molar refractivity (Wildman–Crippen MR) is 93.3 cm³/mol. The van der Waals surface area contributed by atoms with E-state index in [4.69, 9.17) is 0 Å². The van der Waals surface area contributed by atoms with Gasteiger partial charge in [-0.2, -0.15) is 5.10 Å². The van der Waals surface area contributed by atoms with Crippen molar-refractivity contribution in [2.75, 3.05) is 37.0 Å². The Morgan fingerprint density at radius 2 is 2.25 bits per heavy atom. The van der Waals surface area contributed by atoms with Crippen molar-refractivity contribution >= 4 is 17.4 Å². The van der Waals surface area contributed by atoms with Crippen molar-refractivity contribution < 1.29 is 4.79 Å². The van der Waals surface area contributed by atoms with Gasteiger partial charge in [0.2, 0.25) is 0 Å². The van der Waals surface area contributed by atoms with Crippen LogP contribution in [0.1, 0.15) is 23.2 Å². The van der Waals surface area contributed by atoms with E-state index < -0.39 is 0 Å². The zero-order valence-electron chi connectivity index (χ0n) is 14.0. The van der Waals surface area contributed by atoms with Crippen LogP contribution in [0, 0.1) is 0 Å². The number of hydrogen-bond donors (Lipinski definition) is 1. The summed E-state index contributed by atoms with van der Waals surface area (Å²) in [7, 11) is 3.83. The smallest absolute Gasteiger partial charge is 0.255 e. The lowest BCUT2D eigenvalue weighted by atomic mass is 10.2. The number of rotatable bonds is 5. The number of aromatic nitrogens is 3. The van der Waals surface area contributed by atoms with Crippen molar-refractivity contribution in [2.24, 2.45) is 0 Å². The third-order valence-electron chi connectivity index (χ3n) is 4.25. The summed E-state index contributed by atoms with van der Waals surface area (Å²) < 4.78 is 0. The monoisotopic (exact) mass is 326 g/mol. The Morgan fingerprint density at radius 3 is 3.00 bits per heavy atom. The fraction of sp³-hybridized carbons (Fsp3) is 0.412. The number of carbonyl (C=O) groups excluding carboxylic acids is 1. The third kappa shape index (κ3) is 3.45. The zero-order chi connectivity index (χ0) is 16.9. The molecule has 1 fully saturated rings. The molecule has 0 saturated carbocycles. The van der Waals surface area contributed by atoms with Crippen LogP contribution in [-0.2, 0) is 0 Å². The molecule has 2 aromatic rings. The quantitative estimate of drug-likeness (QED) is 0.894. The summed E-state index contributed by atoms with van der Waals surface area (Å²) in [4.78, 5) is 20.7. The van der Waals surface area contributed by atoms with Crippen LogP contribution < -0.4 is 15.1 Å². The number of anilines is 2. The van der Waals surface area contributed by atoms with Crippen molar-refractivity contribution in [1.29, 1.82) is 0 Å². The van der Waals surface area contributed by atoms with Crippen LogP contribution in [0.3, 0.4) is 0 Å². The Bertz CT molecular complexity index is 690. The molecule has 0 bridgehead atoms. The molecule has 3 heterocycles. The first kappa shape index (κ1) is 16.2. The van der Waals surface area contributed by atoms with Crippen molar-refractivity contribution in [3.05, 3.63) is 42.4 Å². The molecule has 1 amide bonds. The van der Waals surface area contributed by atoms with Crippen molar-refractivity contribution in [2.45, 2.75) is 18.9 Å². The van der Waals surface area contributed by atoms with E-state index in [-0.39, 0.29) is 11.9 Å². The highest BCUT2D eigenvalue weighted by molar-refractivity contribution is 5.99. The Balaban J connectivity index is 1.66. The summed E-state index contributed by atoms with van der Waals surface area (Å²) in [6.07, 6.45) is 7.09. The SMILES string of the molecule is CN(C)c1ccncc1C(=O)NCC1CCCN1c1cccnn1. The molecule has 1 aliphatic heterocycles. The second-order valence-electron chi connectivity index (χ2n) is 6.07. The average molecular weight is 326 g/mol. The normalized spacial score (nSPS) is 16.9. The van der Waals surface area contributed by atoms with Gasteiger partial charge in [-0.1, -0.05) is 0 Å². The van der Waals surface area contributed by atoms with Crippen LogP contribution in [-0.4, -0.2) is 54.3 Å². The summed E-state index contributed by atoms with van der Waals surface area (Å²) in [6, 6.07) is 5.93. The van der Waals surface area contributed by atoms with Crippen LogP contribution in [0.15, 0.2) is 36.8 Å². The number of amides is 1. The summed E-state index contributed by atoms with van der Waals surface area (Å²) in [5, 5.41) is 11.2. The van der Waals surface area contributed by atoms with Crippen LogP contribution >= 0.6 is 0 Å². The van der Waals surface area contributed by atoms with E-state index in [9.17, 15) is 4.79 Å². The molecule has 0 spiro atoms. The van der Waals surface area contributed by atoms with Gasteiger partial charge in [-0.3, -0.25) is 9.78 Å². The lowest BCUT2D eigenvalue weighted by Gasteiger charge is -2.25. The molecule has 24 heavy (non-hydrogen) atoms. The highest BCUT2D eigenvalue weighted by Gasteiger charge is 2.26. The number of carbonyl (C=O) groups is 1. The van der Waals surface area contributed by atoms with Gasteiger partial charge in [0.1, 0.15) is 0 Å². The fourth-order valence-electron chi connectivity index (χ4n) is 3.05. The molecule has 126 valence electrons. The fourth-order valence-corrected chi connectivity index (χ4v) is 3.05. The number of nitrogens with zero attached hydrogens (tertiary/aromatic N) is 5. The zero-order valence-corrected chi connectivity index (χ0v) is 14.0. The highest BCUT2D eigenvalue weighted by Crippen LogP contribution is 2.23. The lowest BCUT2D eigenvalue weighted by Crippen LogP contribution is -2.41. The van der Waals surface area contributed by atoms with Gasteiger partial charge in [0, 0.05) is 51.8 Å². The first-order valence-corrected chi connectivity index (χ1v) is 8.10. The van der Waals surface area contributed by atoms with Crippen LogP contribution in [0.2, 0.25) is 0 Å². The van der Waals surface area contributed by atoms with Gasteiger partial charge in [-0.15, -0.1) is 5.10 Å². The maximum absolute atomic E-state index is 12.5. The van der Waals surface area contributed by atoms with Gasteiger partial charge < -0.3 is 15.1 Å². The molecule has 1 aliphatic rings. The van der Waals surface area contributed by atoms with Gasteiger partial charge in [0.05, 0.1) is 11.3 Å². The molecule has 0 radical (unpaired) electrons. The van der Waals surface area contributed by atoms with Gasteiger partial charge in [0.25, 0.3) is 5.91 Å². The molecule has 7 nitrogen and oxygen atoms in total. The largest absolute Gasteiger partial charge is 0.377 e. The van der Waals surface area contributed by atoms with Gasteiger partial charge >= 0.3 is 0 Å². The minimum atomic E-state index is -0.0993. The summed E-state index contributed by atoms with van der Waals surface area (Å²) >= 11 is 0. The minimum Gasteiger partial charge on any atom is -0.377 e. The molecule has 3 rings (SSSR count). The molecular formula is C17H22N6O. The van der Waals surface area contributed by atoms with Crippen molar-refractivity contribution in [1.82, 2.24) is 20.5 Å². The number of pyridine rings is 1. The lowest BCUT2D eigenvalue weighted by molar-refractivity contribution is 0.0951. The van der Waals surface area contributed by atoms with E-state index in [1.165, 1.54) is 0 Å². The molecule has 7 heteroatoms. The van der Waals surface area contributed by atoms with Crippen LogP contribution in [0.5, 0.6) is 0 Å². The van der Waals surface area contributed by atoms with Crippen LogP contribution in [0.25, 0.3) is 0 Å². The third-order valence-corrected chi connectivity index (χ3v) is 4.25. The highest BCUT2D eigenvalue weighted by atomic mass is 16.1. The van der Waals surface area contributed by atoms with E-state index in [1.807, 2.05) is 37.2 Å². The van der Waals surface area contributed by atoms with Gasteiger partial charge in [-0.05, 0) is 31.0 Å². The Hall–Kier alpha value is -2.70. The van der Waals surface area contributed by atoms with E-state index in [1.54, 1.807) is 18.6 Å². The Kier molecular flexibility index (Phi) is 4.88. The van der Waals surface area contributed by atoms with Gasteiger partial charge in [-0.25, -0.2) is 0 Å². The second-order valence-corrected chi connectivity index (χ2v) is 6.07. The van der Waals surface area contributed by atoms with E-state index in [2.05, 4.69) is 25.4 Å². The molecule has 0 aromatic carbocycles. The molecule has 1 atom stereocenters. The molecule has 1 unspecified atom stereocenters. The molecule has 0 aliphatic carbocycles. The predicted octanol–water partition coefficient (Wildman–Crippen LogP) is 1.34. The Morgan fingerprint density at radius 1 is 1.38 bits per heavy atom. The van der Waals surface area contributed by atoms with E-state index >= 15 is 0 Å². The Labute approximate surface area is 141 Å².